The Morgan fingerprint density at radius 1 is 1.27 bits per heavy atom. The second-order valence-corrected chi connectivity index (χ2v) is 7.11. The van der Waals surface area contributed by atoms with Gasteiger partial charge < -0.3 is 21.1 Å². The van der Waals surface area contributed by atoms with Gasteiger partial charge in [0.05, 0.1) is 11.7 Å². The zero-order valence-corrected chi connectivity index (χ0v) is 14.8. The van der Waals surface area contributed by atoms with Crippen LogP contribution in [0.25, 0.3) is 0 Å². The predicted octanol–water partition coefficient (Wildman–Crippen LogP) is 2.75. The summed E-state index contributed by atoms with van der Waals surface area (Å²) < 4.78 is 29.1. The van der Waals surface area contributed by atoms with Crippen molar-refractivity contribution in [3.8, 4) is 0 Å². The van der Waals surface area contributed by atoms with Gasteiger partial charge in [-0.1, -0.05) is 0 Å². The Balaban J connectivity index is 1.62. The van der Waals surface area contributed by atoms with Crippen LogP contribution in [0.1, 0.15) is 55.8 Å². The topological polar surface area (TPSA) is 102 Å². The number of aromatic nitrogens is 2. The summed E-state index contributed by atoms with van der Waals surface area (Å²) in [5.74, 6) is 0.849. The minimum absolute atomic E-state index is 0.0839. The molecule has 2 aliphatic rings. The molecule has 144 valence electrons. The van der Waals surface area contributed by atoms with Crippen molar-refractivity contribution < 1.29 is 18.3 Å². The second kappa shape index (κ2) is 8.11. The molecular formula is C17H25F2N5O2. The Labute approximate surface area is 151 Å². The zero-order valence-electron chi connectivity index (χ0n) is 14.8. The lowest BCUT2D eigenvalue weighted by Gasteiger charge is -2.29. The van der Waals surface area contributed by atoms with E-state index < -0.39 is 18.6 Å². The maximum Gasteiger partial charge on any atom is 0.345 e. The van der Waals surface area contributed by atoms with Crippen molar-refractivity contribution >= 4 is 17.7 Å². The molecule has 0 aliphatic heterocycles. The molecule has 1 aromatic heterocycles. The first-order chi connectivity index (χ1) is 12.4. The van der Waals surface area contributed by atoms with Crippen molar-refractivity contribution in [2.75, 3.05) is 10.6 Å². The molecule has 2 saturated carbocycles. The maximum atomic E-state index is 12.3. The van der Waals surface area contributed by atoms with E-state index in [1.165, 1.54) is 19.0 Å². The Morgan fingerprint density at radius 2 is 1.96 bits per heavy atom. The van der Waals surface area contributed by atoms with E-state index in [4.69, 9.17) is 5.73 Å². The molecule has 7 nitrogen and oxygen atoms in total. The molecule has 0 bridgehead atoms. The van der Waals surface area contributed by atoms with E-state index in [1.807, 2.05) is 0 Å². The largest absolute Gasteiger partial charge is 0.367 e. The van der Waals surface area contributed by atoms with Crippen molar-refractivity contribution in [3.63, 3.8) is 0 Å². The number of ether oxygens (including phenoxy) is 1. The van der Waals surface area contributed by atoms with Gasteiger partial charge in [0, 0.05) is 18.3 Å². The van der Waals surface area contributed by atoms with Crippen LogP contribution < -0.4 is 16.4 Å². The smallest absolute Gasteiger partial charge is 0.345 e. The molecule has 4 N–H and O–H groups in total. The van der Waals surface area contributed by atoms with E-state index in [0.29, 0.717) is 43.4 Å². The van der Waals surface area contributed by atoms with Crippen LogP contribution in [0, 0.1) is 5.92 Å². The molecule has 0 aromatic carbocycles. The van der Waals surface area contributed by atoms with Crippen LogP contribution in [0.15, 0.2) is 6.20 Å². The molecule has 0 saturated heterocycles. The fraction of sp³-hybridized carbons (Fsp3) is 0.706. The van der Waals surface area contributed by atoms with Gasteiger partial charge >= 0.3 is 6.61 Å². The van der Waals surface area contributed by atoms with Gasteiger partial charge in [0.1, 0.15) is 5.82 Å². The summed E-state index contributed by atoms with van der Waals surface area (Å²) in [7, 11) is 0. The van der Waals surface area contributed by atoms with Crippen molar-refractivity contribution in [2.24, 2.45) is 11.7 Å². The number of anilines is 2. The van der Waals surface area contributed by atoms with Gasteiger partial charge in [0.25, 0.3) is 5.91 Å². The summed E-state index contributed by atoms with van der Waals surface area (Å²) in [5.41, 5.74) is 5.68. The van der Waals surface area contributed by atoms with E-state index in [1.54, 1.807) is 0 Å². The van der Waals surface area contributed by atoms with Crippen LogP contribution in [0.3, 0.4) is 0 Å². The Bertz CT molecular complexity index is 634. The number of hydrogen-bond donors (Lipinski definition) is 3. The van der Waals surface area contributed by atoms with Crippen LogP contribution in [0.4, 0.5) is 20.5 Å². The number of nitrogens with one attached hydrogen (secondary N) is 2. The van der Waals surface area contributed by atoms with Gasteiger partial charge in [0.2, 0.25) is 5.95 Å². The van der Waals surface area contributed by atoms with Crippen molar-refractivity contribution in [1.82, 2.24) is 9.97 Å². The maximum absolute atomic E-state index is 12.3. The van der Waals surface area contributed by atoms with E-state index in [0.717, 1.165) is 0 Å². The lowest BCUT2D eigenvalue weighted by molar-refractivity contribution is -0.169. The lowest BCUT2D eigenvalue weighted by Crippen LogP contribution is -2.31. The molecular weight excluding hydrogens is 344 g/mol. The number of primary amides is 1. The molecule has 3 rings (SSSR count). The molecule has 0 unspecified atom stereocenters. The number of carbonyl (C=O) groups excluding carboxylic acids is 1. The van der Waals surface area contributed by atoms with Crippen LogP contribution in [-0.2, 0) is 4.74 Å². The monoisotopic (exact) mass is 369 g/mol. The minimum atomic E-state index is -2.73. The Kier molecular flexibility index (Phi) is 5.85. The average molecular weight is 369 g/mol. The van der Waals surface area contributed by atoms with E-state index in [-0.39, 0.29) is 17.6 Å². The van der Waals surface area contributed by atoms with Gasteiger partial charge in [-0.2, -0.15) is 13.8 Å². The number of carbonyl (C=O) groups is 1. The first kappa shape index (κ1) is 18.8. The minimum Gasteiger partial charge on any atom is -0.367 e. The van der Waals surface area contributed by atoms with Gasteiger partial charge in [-0.3, -0.25) is 4.79 Å². The molecule has 2 aliphatic carbocycles. The normalized spacial score (nSPS) is 24.3. The van der Waals surface area contributed by atoms with Gasteiger partial charge in [0.15, 0.2) is 0 Å². The molecule has 0 spiro atoms. The second-order valence-electron chi connectivity index (χ2n) is 7.11. The fourth-order valence-electron chi connectivity index (χ4n) is 3.34. The van der Waals surface area contributed by atoms with Crippen molar-refractivity contribution in [1.29, 1.82) is 0 Å². The molecule has 1 aromatic rings. The standard InChI is InChI=1S/C17H25F2N5O2/c1-9(10-2-3-10)22-15-13(14(20)25)8-21-17(24-15)23-11-4-6-12(7-5-11)26-16(18)19/h8-12,16H,2-7H2,1H3,(H2,20,25)(H2,21,22,23,24)/t9-,11-,12-/m1/s1. The number of halogens is 2. The summed E-state index contributed by atoms with van der Waals surface area (Å²) in [6, 6.07) is 0.290. The number of amides is 1. The highest BCUT2D eigenvalue weighted by Crippen LogP contribution is 2.34. The van der Waals surface area contributed by atoms with Crippen LogP contribution in [-0.4, -0.2) is 40.7 Å². The summed E-state index contributed by atoms with van der Waals surface area (Å²) in [6.07, 6.45) is 5.86. The molecule has 1 amide bonds. The third kappa shape index (κ3) is 5.00. The van der Waals surface area contributed by atoms with Crippen molar-refractivity contribution in [2.45, 2.75) is 70.2 Å². The fourth-order valence-corrected chi connectivity index (χ4v) is 3.34. The summed E-state index contributed by atoms with van der Waals surface area (Å²) in [5, 5.41) is 6.49. The summed E-state index contributed by atoms with van der Waals surface area (Å²) in [6.45, 7) is -0.668. The third-order valence-electron chi connectivity index (χ3n) is 5.05. The molecule has 1 atom stereocenters. The molecule has 9 heteroatoms. The summed E-state index contributed by atoms with van der Waals surface area (Å²) >= 11 is 0. The van der Waals surface area contributed by atoms with Gasteiger partial charge in [-0.15, -0.1) is 0 Å². The quantitative estimate of drug-likeness (QED) is 0.651. The highest BCUT2D eigenvalue weighted by molar-refractivity contribution is 5.97. The van der Waals surface area contributed by atoms with E-state index in [9.17, 15) is 13.6 Å². The van der Waals surface area contributed by atoms with Gasteiger partial charge in [-0.05, 0) is 51.4 Å². The molecule has 1 heterocycles. The third-order valence-corrected chi connectivity index (χ3v) is 5.05. The Hall–Kier alpha value is -2.03. The predicted molar refractivity (Wildman–Crippen MR) is 93.1 cm³/mol. The van der Waals surface area contributed by atoms with Crippen molar-refractivity contribution in [3.05, 3.63) is 11.8 Å². The average Bonchev–Trinajstić information content (AvgIpc) is 3.41. The molecule has 2 fully saturated rings. The number of hydrogen-bond acceptors (Lipinski definition) is 6. The molecule has 26 heavy (non-hydrogen) atoms. The lowest BCUT2D eigenvalue weighted by atomic mass is 9.93. The number of nitrogens with zero attached hydrogens (tertiary/aromatic N) is 2. The first-order valence-electron chi connectivity index (χ1n) is 9.06. The summed E-state index contributed by atoms with van der Waals surface area (Å²) in [4.78, 5) is 20.2. The number of nitrogens with two attached hydrogens (primary N) is 1. The SMILES string of the molecule is C[C@@H](Nc1nc(N[C@H]2CC[C@H](OC(F)F)CC2)ncc1C(N)=O)C1CC1. The van der Waals surface area contributed by atoms with E-state index in [2.05, 4.69) is 32.3 Å². The highest BCUT2D eigenvalue weighted by Gasteiger charge is 2.29. The number of rotatable bonds is 8. The zero-order chi connectivity index (χ0) is 18.7. The Morgan fingerprint density at radius 3 is 2.54 bits per heavy atom. The first-order valence-corrected chi connectivity index (χ1v) is 9.06. The van der Waals surface area contributed by atoms with E-state index >= 15 is 0 Å². The van der Waals surface area contributed by atoms with Crippen LogP contribution in [0.2, 0.25) is 0 Å². The van der Waals surface area contributed by atoms with Gasteiger partial charge in [-0.25, -0.2) is 4.98 Å². The van der Waals surface area contributed by atoms with Crippen LogP contribution in [0.5, 0.6) is 0 Å². The number of alkyl halides is 2. The van der Waals surface area contributed by atoms with Crippen LogP contribution >= 0.6 is 0 Å². The molecule has 0 radical (unpaired) electrons. The highest BCUT2D eigenvalue weighted by atomic mass is 19.3.